The van der Waals surface area contributed by atoms with Crippen molar-refractivity contribution in [3.8, 4) is 0 Å². The van der Waals surface area contributed by atoms with Gasteiger partial charge in [0.2, 0.25) is 12.6 Å². The SMILES string of the molecule is CCC1OC(OC(=O)c2ccccc2)C(OC(=O)c2ccccc2)C1(C)CC.CCC1OC(OC(=O)c2ccccc2)C(OC(=O)c2ccccc2)C1(C)CC.CCC1OC=CC1(C)CC.CCC1OC=CC1(C)CC. The van der Waals surface area contributed by atoms with Crippen LogP contribution in [0.3, 0.4) is 0 Å². The molecule has 12 unspecified atom stereocenters. The summed E-state index contributed by atoms with van der Waals surface area (Å²) in [6.07, 6.45) is 12.7. The Bertz CT molecular complexity index is 2310. The second-order valence-corrected chi connectivity index (χ2v) is 20.8. The van der Waals surface area contributed by atoms with Gasteiger partial charge in [0.05, 0.1) is 47.0 Å². The van der Waals surface area contributed by atoms with Crippen molar-refractivity contribution in [2.75, 3.05) is 0 Å². The van der Waals surface area contributed by atoms with Gasteiger partial charge in [0, 0.05) is 21.7 Å². The minimum Gasteiger partial charge on any atom is -0.497 e. The molecule has 2 fully saturated rings. The maximum absolute atomic E-state index is 12.7. The zero-order valence-corrected chi connectivity index (χ0v) is 47.0. The molecular weight excluding hydrogens is 961 g/mol. The molecule has 4 aliphatic rings. The quantitative estimate of drug-likeness (QED) is 0.0778. The maximum Gasteiger partial charge on any atom is 0.340 e. The summed E-state index contributed by atoms with van der Waals surface area (Å²) in [6.45, 7) is 25.4. The first-order valence-electron chi connectivity index (χ1n) is 27.5. The second-order valence-electron chi connectivity index (χ2n) is 20.8. The number of rotatable bonds is 16. The lowest BCUT2D eigenvalue weighted by Gasteiger charge is -2.33. The average Bonchev–Trinajstić information content (AvgIpc) is 4.21. The van der Waals surface area contributed by atoms with Gasteiger partial charge < -0.3 is 37.9 Å². The second kappa shape index (κ2) is 28.2. The van der Waals surface area contributed by atoms with Gasteiger partial charge in [-0.1, -0.05) is 156 Å². The van der Waals surface area contributed by atoms with Crippen LogP contribution in [0.15, 0.2) is 146 Å². The summed E-state index contributed by atoms with van der Waals surface area (Å²) >= 11 is 0. The van der Waals surface area contributed by atoms with Crippen molar-refractivity contribution in [1.29, 1.82) is 0 Å². The van der Waals surface area contributed by atoms with Gasteiger partial charge in [0.25, 0.3) is 0 Å². The van der Waals surface area contributed by atoms with Crippen LogP contribution in [0.1, 0.15) is 176 Å². The van der Waals surface area contributed by atoms with Crippen molar-refractivity contribution in [1.82, 2.24) is 0 Å². The minimum atomic E-state index is -0.949. The molecule has 2 saturated heterocycles. The van der Waals surface area contributed by atoms with Gasteiger partial charge in [-0.05, 0) is 112 Å². The van der Waals surface area contributed by atoms with Crippen LogP contribution in [0.25, 0.3) is 0 Å². The molecule has 4 aromatic carbocycles. The van der Waals surface area contributed by atoms with E-state index < -0.39 is 59.5 Å². The largest absolute Gasteiger partial charge is 0.497 e. The van der Waals surface area contributed by atoms with Crippen LogP contribution in [0.4, 0.5) is 0 Å². The monoisotopic (exact) mass is 1040 g/mol. The number of hydrogen-bond acceptors (Lipinski definition) is 12. The van der Waals surface area contributed by atoms with Crippen molar-refractivity contribution < 1.29 is 57.1 Å². The van der Waals surface area contributed by atoms with Gasteiger partial charge >= 0.3 is 23.9 Å². The summed E-state index contributed by atoms with van der Waals surface area (Å²) in [6, 6.07) is 35.0. The fourth-order valence-electron chi connectivity index (χ4n) is 10.2. The third-order valence-electron chi connectivity index (χ3n) is 16.2. The third-order valence-corrected chi connectivity index (χ3v) is 16.2. The fraction of sp³-hybridized carbons (Fsp3) is 0.500. The average molecular weight is 1050 g/mol. The highest BCUT2D eigenvalue weighted by Gasteiger charge is 2.57. The molecule has 12 heteroatoms. The molecule has 8 rings (SSSR count). The Labute approximate surface area is 452 Å². The van der Waals surface area contributed by atoms with Crippen molar-refractivity contribution in [2.24, 2.45) is 21.7 Å². The molecule has 0 aromatic heterocycles. The molecule has 4 aliphatic heterocycles. The van der Waals surface area contributed by atoms with E-state index in [-0.39, 0.29) is 12.2 Å². The molecule has 76 heavy (non-hydrogen) atoms. The highest BCUT2D eigenvalue weighted by molar-refractivity contribution is 5.91. The van der Waals surface area contributed by atoms with E-state index in [0.717, 1.165) is 38.5 Å². The standard InChI is InChI=1S/2C23H26O5.2C9H16O/c2*1-4-18-23(3,5-2)19(27-20(24)16-12-8-6-9-13-16)22(26-18)28-21(25)17-14-10-7-11-15-17;2*1-4-8-9(3,5-2)6-7-10-8/h2*6-15,18-19,22H,4-5H2,1-3H3;2*6-8H,4-5H2,1-3H3. The third kappa shape index (κ3) is 14.6. The van der Waals surface area contributed by atoms with Gasteiger partial charge in [-0.3, -0.25) is 0 Å². The number of carbonyl (C=O) groups excluding carboxylic acids is 4. The summed E-state index contributed by atoms with van der Waals surface area (Å²) in [5.74, 6) is -1.90. The number of benzene rings is 4. The maximum atomic E-state index is 12.7. The zero-order chi connectivity index (χ0) is 55.5. The highest BCUT2D eigenvalue weighted by Crippen LogP contribution is 2.47. The van der Waals surface area contributed by atoms with Gasteiger partial charge in [0.15, 0.2) is 12.2 Å². The lowest BCUT2D eigenvalue weighted by Crippen LogP contribution is -2.42. The molecule has 0 aliphatic carbocycles. The predicted octanol–water partition coefficient (Wildman–Crippen LogP) is 14.7. The van der Waals surface area contributed by atoms with Gasteiger partial charge in [-0.15, -0.1) is 0 Å². The molecule has 12 nitrogen and oxygen atoms in total. The zero-order valence-electron chi connectivity index (χ0n) is 47.0. The number of esters is 4. The van der Waals surface area contributed by atoms with Crippen LogP contribution in [0.2, 0.25) is 0 Å². The summed E-state index contributed by atoms with van der Waals surface area (Å²) in [5, 5.41) is 0. The van der Waals surface area contributed by atoms with Crippen molar-refractivity contribution in [2.45, 2.75) is 184 Å². The van der Waals surface area contributed by atoms with E-state index in [9.17, 15) is 19.2 Å². The predicted molar refractivity (Wildman–Crippen MR) is 295 cm³/mol. The molecule has 0 amide bonds. The molecule has 0 N–H and O–H groups in total. The number of ether oxygens (including phenoxy) is 8. The molecule has 0 bridgehead atoms. The minimum absolute atomic E-state index is 0.181. The Morgan fingerprint density at radius 2 is 0.645 bits per heavy atom. The fourth-order valence-corrected chi connectivity index (χ4v) is 10.2. The lowest BCUT2D eigenvalue weighted by molar-refractivity contribution is -0.137. The summed E-state index contributed by atoms with van der Waals surface area (Å²) in [7, 11) is 0. The summed E-state index contributed by atoms with van der Waals surface area (Å²) in [4.78, 5) is 50.5. The first-order valence-corrected chi connectivity index (χ1v) is 27.5. The Kier molecular flexibility index (Phi) is 22.5. The normalized spacial score (nSPS) is 29.6. The van der Waals surface area contributed by atoms with E-state index in [1.54, 1.807) is 97.1 Å². The summed E-state index contributed by atoms with van der Waals surface area (Å²) < 4.78 is 45.9. The van der Waals surface area contributed by atoms with Crippen molar-refractivity contribution in [3.63, 3.8) is 0 Å². The van der Waals surface area contributed by atoms with E-state index in [1.807, 2.05) is 78.3 Å². The molecular formula is C64H84O12. The molecule has 0 radical (unpaired) electrons. The van der Waals surface area contributed by atoms with Crippen LogP contribution >= 0.6 is 0 Å². The Morgan fingerprint density at radius 3 is 0.868 bits per heavy atom. The van der Waals surface area contributed by atoms with E-state index in [2.05, 4.69) is 53.7 Å². The van der Waals surface area contributed by atoms with Crippen molar-refractivity contribution >= 4 is 23.9 Å². The molecule has 0 saturated carbocycles. The topological polar surface area (TPSA) is 142 Å². The smallest absolute Gasteiger partial charge is 0.340 e. The first-order chi connectivity index (χ1) is 36.4. The molecule has 412 valence electrons. The molecule has 0 spiro atoms. The molecule has 4 heterocycles. The van der Waals surface area contributed by atoms with Crippen LogP contribution in [0.5, 0.6) is 0 Å². The van der Waals surface area contributed by atoms with Crippen LogP contribution in [0, 0.1) is 21.7 Å². The van der Waals surface area contributed by atoms with Gasteiger partial charge in [0.1, 0.15) is 12.2 Å². The van der Waals surface area contributed by atoms with Gasteiger partial charge in [-0.25, -0.2) is 19.2 Å². The van der Waals surface area contributed by atoms with Crippen LogP contribution in [-0.4, -0.2) is 73.1 Å². The van der Waals surface area contributed by atoms with Gasteiger partial charge in [-0.2, -0.15) is 0 Å². The summed E-state index contributed by atoms with van der Waals surface area (Å²) in [5.41, 5.74) is 1.45. The first kappa shape index (κ1) is 60.6. The van der Waals surface area contributed by atoms with E-state index in [0.29, 0.717) is 45.3 Å². The van der Waals surface area contributed by atoms with Crippen LogP contribution < -0.4 is 0 Å². The van der Waals surface area contributed by atoms with E-state index >= 15 is 0 Å². The Morgan fingerprint density at radius 1 is 0.382 bits per heavy atom. The van der Waals surface area contributed by atoms with Crippen molar-refractivity contribution in [3.05, 3.63) is 168 Å². The number of carbonyl (C=O) groups is 4. The molecule has 4 aromatic rings. The lowest BCUT2D eigenvalue weighted by atomic mass is 9.77. The Hall–Kier alpha value is -6.24. The van der Waals surface area contributed by atoms with E-state index in [4.69, 9.17) is 37.9 Å². The van der Waals surface area contributed by atoms with E-state index in [1.165, 1.54) is 12.8 Å². The highest BCUT2D eigenvalue weighted by atomic mass is 16.7. The Balaban J connectivity index is 0.000000207. The number of hydrogen-bond donors (Lipinski definition) is 0. The van der Waals surface area contributed by atoms with Crippen LogP contribution in [-0.2, 0) is 37.9 Å². The molecule has 12 atom stereocenters.